The second-order valence-electron chi connectivity index (χ2n) is 7.23. The summed E-state index contributed by atoms with van der Waals surface area (Å²) in [4.78, 5) is 12.8. The van der Waals surface area contributed by atoms with Crippen LogP contribution in [0.5, 0.6) is 11.5 Å². The zero-order valence-electron chi connectivity index (χ0n) is 17.6. The van der Waals surface area contributed by atoms with E-state index in [1.807, 2.05) is 0 Å². The van der Waals surface area contributed by atoms with E-state index in [2.05, 4.69) is 10.4 Å². The Kier molecular flexibility index (Phi) is 6.25. The first-order valence-corrected chi connectivity index (χ1v) is 10.0. The Balaban J connectivity index is 1.57. The molecule has 35 heavy (non-hydrogen) atoms. The summed E-state index contributed by atoms with van der Waals surface area (Å²) in [6.07, 6.45) is -10.1. The number of halogens is 6. The van der Waals surface area contributed by atoms with Gasteiger partial charge in [-0.3, -0.25) is 4.79 Å². The zero-order valence-corrected chi connectivity index (χ0v) is 17.6. The molecular weight excluding hydrogens is 476 g/mol. The van der Waals surface area contributed by atoms with Crippen LogP contribution in [0, 0.1) is 0 Å². The van der Waals surface area contributed by atoms with E-state index in [0.29, 0.717) is 5.75 Å². The molecule has 0 atom stereocenters. The monoisotopic (exact) mass is 491 g/mol. The van der Waals surface area contributed by atoms with Crippen molar-refractivity contribution < 1.29 is 35.9 Å². The van der Waals surface area contributed by atoms with Crippen molar-refractivity contribution in [3.63, 3.8) is 0 Å². The van der Waals surface area contributed by atoms with Gasteiger partial charge in [-0.25, -0.2) is 4.68 Å². The minimum atomic E-state index is -5.06. The first-order chi connectivity index (χ1) is 16.5. The molecule has 11 heteroatoms. The highest BCUT2D eigenvalue weighted by Crippen LogP contribution is 2.36. The molecule has 1 amide bonds. The SMILES string of the molecule is O=C(Nc1ccc(-n2nc(C(F)(F)F)cc2C(F)(F)F)cc1)c1ccccc1Oc1ccccc1. The number of aromatic nitrogens is 2. The maximum atomic E-state index is 13.3. The predicted molar refractivity (Wildman–Crippen MR) is 114 cm³/mol. The average Bonchev–Trinajstić information content (AvgIpc) is 3.28. The molecule has 0 spiro atoms. The molecule has 0 aliphatic heterocycles. The molecule has 0 unspecified atom stereocenters. The second kappa shape index (κ2) is 9.16. The van der Waals surface area contributed by atoms with E-state index < -0.39 is 29.6 Å². The summed E-state index contributed by atoms with van der Waals surface area (Å²) in [7, 11) is 0. The summed E-state index contributed by atoms with van der Waals surface area (Å²) < 4.78 is 84.5. The van der Waals surface area contributed by atoms with Crippen LogP contribution in [-0.4, -0.2) is 15.7 Å². The molecule has 4 aromatic rings. The van der Waals surface area contributed by atoms with E-state index in [-0.39, 0.29) is 33.4 Å². The maximum absolute atomic E-state index is 13.3. The largest absolute Gasteiger partial charge is 0.457 e. The Morgan fingerprint density at radius 2 is 1.43 bits per heavy atom. The number of nitrogens with one attached hydrogen (secondary N) is 1. The summed E-state index contributed by atoms with van der Waals surface area (Å²) in [5.41, 5.74) is -3.11. The standard InChI is InChI=1S/C24H15F6N3O2/c25-23(26,27)20-14-21(24(28,29)30)33(32-20)16-12-10-15(11-13-16)31-22(34)18-8-4-5-9-19(18)35-17-6-2-1-3-7-17/h1-14H,(H,31,34). The van der Waals surface area contributed by atoms with Gasteiger partial charge in [0, 0.05) is 11.8 Å². The van der Waals surface area contributed by atoms with Crippen molar-refractivity contribution in [2.24, 2.45) is 0 Å². The van der Waals surface area contributed by atoms with Crippen molar-refractivity contribution in [3.8, 4) is 17.2 Å². The molecule has 0 saturated carbocycles. The van der Waals surface area contributed by atoms with Gasteiger partial charge in [-0.2, -0.15) is 31.4 Å². The van der Waals surface area contributed by atoms with Crippen molar-refractivity contribution in [1.29, 1.82) is 0 Å². The van der Waals surface area contributed by atoms with Crippen LogP contribution >= 0.6 is 0 Å². The van der Waals surface area contributed by atoms with Crippen molar-refractivity contribution in [3.05, 3.63) is 102 Å². The molecular formula is C24H15F6N3O2. The normalized spacial score (nSPS) is 11.8. The van der Waals surface area contributed by atoms with Crippen LogP contribution in [0.15, 0.2) is 84.9 Å². The molecule has 0 radical (unpaired) electrons. The molecule has 0 saturated heterocycles. The number of carbonyl (C=O) groups excluding carboxylic acids is 1. The number of ether oxygens (including phenoxy) is 1. The lowest BCUT2D eigenvalue weighted by atomic mass is 10.1. The summed E-state index contributed by atoms with van der Waals surface area (Å²) in [5, 5.41) is 5.66. The number of amides is 1. The van der Waals surface area contributed by atoms with E-state index in [1.54, 1.807) is 48.5 Å². The molecule has 180 valence electrons. The van der Waals surface area contributed by atoms with E-state index in [9.17, 15) is 31.1 Å². The number of benzene rings is 3. The molecule has 4 rings (SSSR count). The number of nitrogens with zero attached hydrogens (tertiary/aromatic N) is 2. The summed E-state index contributed by atoms with van der Waals surface area (Å²) in [6.45, 7) is 0. The maximum Gasteiger partial charge on any atom is 0.435 e. The number of rotatable bonds is 5. The Labute approximate surface area is 194 Å². The first kappa shape index (κ1) is 23.9. The van der Waals surface area contributed by atoms with Gasteiger partial charge in [0.25, 0.3) is 5.91 Å². The zero-order chi connectivity index (χ0) is 25.2. The van der Waals surface area contributed by atoms with Gasteiger partial charge in [-0.05, 0) is 48.5 Å². The van der Waals surface area contributed by atoms with Gasteiger partial charge < -0.3 is 10.1 Å². The number of hydrogen-bond donors (Lipinski definition) is 1. The average molecular weight is 491 g/mol. The van der Waals surface area contributed by atoms with Crippen molar-refractivity contribution in [2.75, 3.05) is 5.32 Å². The predicted octanol–water partition coefficient (Wildman–Crippen LogP) is 6.95. The van der Waals surface area contributed by atoms with Crippen LogP contribution in [0.3, 0.4) is 0 Å². The van der Waals surface area contributed by atoms with Crippen LogP contribution < -0.4 is 10.1 Å². The summed E-state index contributed by atoms with van der Waals surface area (Å²) in [5.74, 6) is 0.229. The van der Waals surface area contributed by atoms with Gasteiger partial charge >= 0.3 is 12.4 Å². The van der Waals surface area contributed by atoms with Crippen molar-refractivity contribution in [1.82, 2.24) is 9.78 Å². The lowest BCUT2D eigenvalue weighted by Crippen LogP contribution is -2.14. The van der Waals surface area contributed by atoms with E-state index >= 15 is 0 Å². The number of hydrogen-bond acceptors (Lipinski definition) is 3. The van der Waals surface area contributed by atoms with Crippen LogP contribution in [0.1, 0.15) is 21.7 Å². The fourth-order valence-electron chi connectivity index (χ4n) is 3.16. The third-order valence-corrected chi connectivity index (χ3v) is 4.76. The molecule has 0 fully saturated rings. The van der Waals surface area contributed by atoms with Crippen LogP contribution in [0.4, 0.5) is 32.0 Å². The smallest absolute Gasteiger partial charge is 0.435 e. The molecule has 0 aliphatic carbocycles. The lowest BCUT2D eigenvalue weighted by Gasteiger charge is -2.13. The highest BCUT2D eigenvalue weighted by molar-refractivity contribution is 6.06. The Bertz CT molecular complexity index is 1330. The third kappa shape index (κ3) is 5.45. The van der Waals surface area contributed by atoms with Crippen LogP contribution in [0.2, 0.25) is 0 Å². The van der Waals surface area contributed by atoms with Gasteiger partial charge in [-0.15, -0.1) is 0 Å². The topological polar surface area (TPSA) is 56.2 Å². The quantitative estimate of drug-likeness (QED) is 0.307. The molecule has 0 aliphatic rings. The molecule has 1 heterocycles. The Hall–Kier alpha value is -4.28. The van der Waals surface area contributed by atoms with Gasteiger partial charge in [0.1, 0.15) is 17.2 Å². The highest BCUT2D eigenvalue weighted by atomic mass is 19.4. The molecule has 5 nitrogen and oxygen atoms in total. The van der Waals surface area contributed by atoms with Crippen molar-refractivity contribution in [2.45, 2.75) is 12.4 Å². The summed E-state index contributed by atoms with van der Waals surface area (Å²) >= 11 is 0. The fraction of sp³-hybridized carbons (Fsp3) is 0.0833. The first-order valence-electron chi connectivity index (χ1n) is 10.0. The summed E-state index contributed by atoms with van der Waals surface area (Å²) in [6, 6.07) is 19.9. The minimum absolute atomic E-state index is 0.0562. The Morgan fingerprint density at radius 1 is 0.800 bits per heavy atom. The highest BCUT2D eigenvalue weighted by Gasteiger charge is 2.42. The molecule has 3 aromatic carbocycles. The number of carbonyl (C=O) groups is 1. The number of anilines is 1. The van der Waals surface area contributed by atoms with E-state index in [0.717, 1.165) is 12.1 Å². The van der Waals surface area contributed by atoms with E-state index in [4.69, 9.17) is 4.74 Å². The minimum Gasteiger partial charge on any atom is -0.457 e. The molecule has 0 bridgehead atoms. The van der Waals surface area contributed by atoms with Crippen LogP contribution in [0.25, 0.3) is 5.69 Å². The van der Waals surface area contributed by atoms with Gasteiger partial charge in [-0.1, -0.05) is 30.3 Å². The van der Waals surface area contributed by atoms with Crippen molar-refractivity contribution >= 4 is 11.6 Å². The Morgan fingerprint density at radius 3 is 2.06 bits per heavy atom. The second-order valence-corrected chi connectivity index (χ2v) is 7.23. The molecule has 1 aromatic heterocycles. The molecule has 1 N–H and O–H groups in total. The fourth-order valence-corrected chi connectivity index (χ4v) is 3.16. The van der Waals surface area contributed by atoms with Gasteiger partial charge in [0.05, 0.1) is 11.3 Å². The van der Waals surface area contributed by atoms with Gasteiger partial charge in [0.15, 0.2) is 5.69 Å². The lowest BCUT2D eigenvalue weighted by molar-refractivity contribution is -0.143. The van der Waals surface area contributed by atoms with Gasteiger partial charge in [0.2, 0.25) is 0 Å². The van der Waals surface area contributed by atoms with E-state index in [1.165, 1.54) is 18.2 Å². The number of alkyl halides is 6. The third-order valence-electron chi connectivity index (χ3n) is 4.76. The number of para-hydroxylation sites is 2. The van der Waals surface area contributed by atoms with Crippen LogP contribution in [-0.2, 0) is 12.4 Å².